The highest BCUT2D eigenvalue weighted by molar-refractivity contribution is 7.99. The molecule has 2 heterocycles. The highest BCUT2D eigenvalue weighted by Gasteiger charge is 2.28. The third kappa shape index (κ3) is 3.60. The molecule has 1 amide bonds. The fraction of sp³-hybridized carbons (Fsp3) is 0.286. The van der Waals surface area contributed by atoms with Gasteiger partial charge in [0.15, 0.2) is 5.82 Å². The van der Waals surface area contributed by atoms with Crippen molar-refractivity contribution in [3.8, 4) is 5.75 Å². The van der Waals surface area contributed by atoms with Gasteiger partial charge in [-0.25, -0.2) is 9.69 Å². The van der Waals surface area contributed by atoms with Crippen molar-refractivity contribution in [3.63, 3.8) is 0 Å². The summed E-state index contributed by atoms with van der Waals surface area (Å²) in [6.07, 6.45) is 3.45. The van der Waals surface area contributed by atoms with Crippen molar-refractivity contribution >= 4 is 29.3 Å². The molecular weight excluding hydrogens is 408 g/mol. The first-order valence-corrected chi connectivity index (χ1v) is 10.9. The van der Waals surface area contributed by atoms with E-state index in [-0.39, 0.29) is 12.5 Å². The maximum absolute atomic E-state index is 13.1. The van der Waals surface area contributed by atoms with Crippen LogP contribution in [-0.2, 0) is 19.4 Å². The lowest BCUT2D eigenvalue weighted by Crippen LogP contribution is -2.45. The van der Waals surface area contributed by atoms with E-state index in [2.05, 4.69) is 22.3 Å². The van der Waals surface area contributed by atoms with E-state index in [0.717, 1.165) is 24.3 Å². The van der Waals surface area contributed by atoms with Gasteiger partial charge in [-0.3, -0.25) is 4.79 Å². The van der Waals surface area contributed by atoms with E-state index in [9.17, 15) is 4.79 Å². The average molecular weight is 427 g/mol. The predicted molar refractivity (Wildman–Crippen MR) is 112 cm³/mol. The van der Waals surface area contributed by atoms with Crippen LogP contribution in [0.3, 0.4) is 0 Å². The highest BCUT2D eigenvalue weighted by Crippen LogP contribution is 2.28. The lowest BCUT2D eigenvalue weighted by Gasteiger charge is -2.29. The number of benzene rings is 2. The van der Waals surface area contributed by atoms with Gasteiger partial charge < -0.3 is 4.74 Å². The zero-order valence-corrected chi connectivity index (χ0v) is 17.2. The fourth-order valence-corrected chi connectivity index (χ4v) is 4.85. The number of aromatic nitrogens is 3. The van der Waals surface area contributed by atoms with E-state index >= 15 is 0 Å². The van der Waals surface area contributed by atoms with Crippen LogP contribution in [0.2, 0.25) is 5.02 Å². The lowest BCUT2D eigenvalue weighted by atomic mass is 10.1. The lowest BCUT2D eigenvalue weighted by molar-refractivity contribution is 0.0953. The molecule has 0 N–H and O–H groups in total. The molecule has 0 unspecified atom stereocenters. The number of ether oxygens (including phenoxy) is 1. The Morgan fingerprint density at radius 1 is 1.14 bits per heavy atom. The van der Waals surface area contributed by atoms with Crippen LogP contribution in [0.15, 0.2) is 47.6 Å². The van der Waals surface area contributed by atoms with Gasteiger partial charge in [0.2, 0.25) is 5.16 Å². The molecule has 3 aromatic rings. The normalized spacial score (nSPS) is 15.1. The molecule has 2 aliphatic rings. The van der Waals surface area contributed by atoms with Gasteiger partial charge in [-0.1, -0.05) is 35.5 Å². The molecule has 1 aliphatic heterocycles. The van der Waals surface area contributed by atoms with E-state index in [1.807, 2.05) is 6.07 Å². The molecule has 6 nitrogen and oxygen atoms in total. The molecule has 0 spiro atoms. The Labute approximate surface area is 177 Å². The molecule has 0 saturated heterocycles. The van der Waals surface area contributed by atoms with Crippen LogP contribution in [0.5, 0.6) is 5.75 Å². The highest BCUT2D eigenvalue weighted by atomic mass is 35.5. The molecule has 0 bridgehead atoms. The van der Waals surface area contributed by atoms with Gasteiger partial charge in [-0.05, 0) is 60.7 Å². The first-order chi connectivity index (χ1) is 14.2. The Morgan fingerprint density at radius 3 is 2.93 bits per heavy atom. The summed E-state index contributed by atoms with van der Waals surface area (Å²) < 4.78 is 7.77. The van der Waals surface area contributed by atoms with E-state index < -0.39 is 0 Å². The van der Waals surface area contributed by atoms with Crippen LogP contribution < -0.4 is 9.75 Å². The van der Waals surface area contributed by atoms with Gasteiger partial charge in [-0.15, -0.1) is 10.2 Å². The smallest absolute Gasteiger partial charge is 0.272 e. The van der Waals surface area contributed by atoms with Crippen LogP contribution in [0, 0.1) is 0 Å². The summed E-state index contributed by atoms with van der Waals surface area (Å²) in [6, 6.07) is 13.2. The van der Waals surface area contributed by atoms with Crippen molar-refractivity contribution in [2.45, 2.75) is 31.0 Å². The van der Waals surface area contributed by atoms with Crippen LogP contribution in [-0.4, -0.2) is 33.1 Å². The van der Waals surface area contributed by atoms with Crippen LogP contribution in [0.1, 0.15) is 33.7 Å². The van der Waals surface area contributed by atoms with Gasteiger partial charge in [-0.2, -0.15) is 0 Å². The Morgan fingerprint density at radius 2 is 2.03 bits per heavy atom. The number of hydrogen-bond acceptors (Lipinski definition) is 5. The summed E-state index contributed by atoms with van der Waals surface area (Å²) in [6.45, 7) is 0.804. The van der Waals surface area contributed by atoms with Gasteiger partial charge in [0.05, 0.1) is 6.54 Å². The van der Waals surface area contributed by atoms with Gasteiger partial charge in [0.25, 0.3) is 5.91 Å². The Balaban J connectivity index is 1.39. The van der Waals surface area contributed by atoms with Crippen molar-refractivity contribution in [2.75, 3.05) is 17.3 Å². The summed E-state index contributed by atoms with van der Waals surface area (Å²) in [5, 5.41) is 11.4. The first kappa shape index (κ1) is 18.5. The third-order valence-electron chi connectivity index (χ3n) is 5.20. The van der Waals surface area contributed by atoms with Crippen molar-refractivity contribution < 1.29 is 9.53 Å². The number of thioether (sulfide) groups is 1. The quantitative estimate of drug-likeness (QED) is 0.633. The average Bonchev–Trinajstić information content (AvgIpc) is 3.38. The Kier molecular flexibility index (Phi) is 4.93. The maximum Gasteiger partial charge on any atom is 0.272 e. The second-order valence-electron chi connectivity index (χ2n) is 7.07. The number of rotatable bonds is 4. The number of amides is 1. The minimum absolute atomic E-state index is 0.132. The minimum atomic E-state index is -0.132. The molecular formula is C21H19ClN4O2S. The SMILES string of the molecule is O=C(c1cccc(Cl)c1)N1CCSc2nnc(COc3ccc4c(c3)CCC4)n21. The van der Waals surface area contributed by atoms with Gasteiger partial charge >= 0.3 is 0 Å². The second-order valence-corrected chi connectivity index (χ2v) is 8.57. The summed E-state index contributed by atoms with van der Waals surface area (Å²) in [5.74, 6) is 2.05. The van der Waals surface area contributed by atoms with Crippen molar-refractivity contribution in [3.05, 3.63) is 70.0 Å². The molecule has 0 saturated carbocycles. The van der Waals surface area contributed by atoms with Gasteiger partial charge in [0, 0.05) is 16.3 Å². The van der Waals surface area contributed by atoms with Crippen molar-refractivity contribution in [1.82, 2.24) is 14.9 Å². The third-order valence-corrected chi connectivity index (χ3v) is 6.33. The van der Waals surface area contributed by atoms with Gasteiger partial charge in [0.1, 0.15) is 12.4 Å². The molecule has 148 valence electrons. The minimum Gasteiger partial charge on any atom is -0.486 e. The first-order valence-electron chi connectivity index (χ1n) is 9.58. The summed E-state index contributed by atoms with van der Waals surface area (Å²) in [4.78, 5) is 13.1. The van der Waals surface area contributed by atoms with E-state index in [0.29, 0.717) is 28.1 Å². The molecule has 8 heteroatoms. The van der Waals surface area contributed by atoms with Crippen LogP contribution >= 0.6 is 23.4 Å². The zero-order chi connectivity index (χ0) is 19.8. The summed E-state index contributed by atoms with van der Waals surface area (Å²) in [5.41, 5.74) is 3.31. The maximum atomic E-state index is 13.1. The van der Waals surface area contributed by atoms with Crippen LogP contribution in [0.25, 0.3) is 0 Å². The molecule has 1 aliphatic carbocycles. The number of halogens is 1. The number of fused-ring (bicyclic) bond motifs is 2. The predicted octanol–water partition coefficient (Wildman–Crippen LogP) is 3.88. The molecule has 29 heavy (non-hydrogen) atoms. The number of aryl methyl sites for hydroxylation is 2. The number of carbonyl (C=O) groups excluding carboxylic acids is 1. The van der Waals surface area contributed by atoms with Crippen LogP contribution in [0.4, 0.5) is 0 Å². The van der Waals surface area contributed by atoms with E-state index in [1.165, 1.54) is 17.5 Å². The summed E-state index contributed by atoms with van der Waals surface area (Å²) in [7, 11) is 0. The number of hydrogen-bond donors (Lipinski definition) is 0. The molecule has 1 aromatic heterocycles. The number of nitrogens with zero attached hydrogens (tertiary/aromatic N) is 4. The Bertz CT molecular complexity index is 1080. The van der Waals surface area contributed by atoms with E-state index in [4.69, 9.17) is 16.3 Å². The summed E-state index contributed by atoms with van der Waals surface area (Å²) >= 11 is 7.65. The fourth-order valence-electron chi connectivity index (χ4n) is 3.79. The molecule has 0 radical (unpaired) electrons. The molecule has 5 rings (SSSR count). The van der Waals surface area contributed by atoms with Crippen molar-refractivity contribution in [2.24, 2.45) is 0 Å². The molecule has 0 atom stereocenters. The topological polar surface area (TPSA) is 60.3 Å². The largest absolute Gasteiger partial charge is 0.486 e. The van der Waals surface area contributed by atoms with Crippen molar-refractivity contribution in [1.29, 1.82) is 0 Å². The monoisotopic (exact) mass is 426 g/mol. The molecule has 0 fully saturated rings. The zero-order valence-electron chi connectivity index (χ0n) is 15.7. The molecule has 2 aromatic carbocycles. The second kappa shape index (κ2) is 7.72. The standard InChI is InChI=1S/C21H19ClN4O2S/c22-17-6-2-5-16(11-17)20(27)25-9-10-29-21-24-23-19(26(21)25)13-28-18-8-7-14-3-1-4-15(14)12-18/h2,5-8,11-12H,1,3-4,9-10,13H2. The number of carbonyl (C=O) groups is 1. The van der Waals surface area contributed by atoms with E-state index in [1.54, 1.807) is 45.7 Å². The Hall–Kier alpha value is -2.51.